The van der Waals surface area contributed by atoms with Gasteiger partial charge in [-0.05, 0) is 44.5 Å². The molecule has 0 aliphatic rings. The third-order valence-electron chi connectivity index (χ3n) is 3.92. The number of hydrogen-bond donors (Lipinski definition) is 3. The van der Waals surface area contributed by atoms with Crippen molar-refractivity contribution in [3.05, 3.63) is 52.4 Å². The lowest BCUT2D eigenvalue weighted by atomic mass is 10.0. The minimum atomic E-state index is -0.344. The summed E-state index contributed by atoms with van der Waals surface area (Å²) in [7, 11) is 0. The summed E-state index contributed by atoms with van der Waals surface area (Å²) in [6.07, 6.45) is 2.13. The normalized spacial score (nSPS) is 10.8. The van der Waals surface area contributed by atoms with E-state index in [2.05, 4.69) is 10.6 Å². The molecule has 0 fully saturated rings. The van der Waals surface area contributed by atoms with Gasteiger partial charge in [-0.2, -0.15) is 0 Å². The van der Waals surface area contributed by atoms with Crippen molar-refractivity contribution in [3.8, 4) is 0 Å². The van der Waals surface area contributed by atoms with Crippen molar-refractivity contribution < 1.29 is 14.0 Å². The number of benzene rings is 1. The molecule has 8 heteroatoms. The van der Waals surface area contributed by atoms with Gasteiger partial charge < -0.3 is 20.8 Å². The molecule has 0 saturated heterocycles. The van der Waals surface area contributed by atoms with E-state index < -0.39 is 0 Å². The minimum Gasteiger partial charge on any atom is -0.467 e. The van der Waals surface area contributed by atoms with Gasteiger partial charge in [-0.1, -0.05) is 18.5 Å². The molecule has 1 aromatic heterocycles. The second-order valence-electron chi connectivity index (χ2n) is 6.35. The Morgan fingerprint density at radius 1 is 1.23 bits per heavy atom. The van der Waals surface area contributed by atoms with Gasteiger partial charge in [0.15, 0.2) is 0 Å². The van der Waals surface area contributed by atoms with Crippen LogP contribution in [0.3, 0.4) is 0 Å². The lowest BCUT2D eigenvalue weighted by Gasteiger charge is -2.24. The van der Waals surface area contributed by atoms with E-state index in [1.165, 1.54) is 12.3 Å². The van der Waals surface area contributed by atoms with Gasteiger partial charge >= 0.3 is 0 Å². The van der Waals surface area contributed by atoms with Crippen LogP contribution >= 0.6 is 24.0 Å². The van der Waals surface area contributed by atoms with Crippen molar-refractivity contribution in [3.63, 3.8) is 0 Å². The number of carbonyl (C=O) groups is 2. The number of carbonyl (C=O) groups excluding carboxylic acids is 2. The molecule has 26 heavy (non-hydrogen) atoms. The number of nitrogens with one attached hydrogen (secondary N) is 2. The van der Waals surface area contributed by atoms with Crippen LogP contribution in [0.2, 0.25) is 5.02 Å². The summed E-state index contributed by atoms with van der Waals surface area (Å²) in [6, 6.07) is 6.32. The average molecular weight is 400 g/mol. The highest BCUT2D eigenvalue weighted by atomic mass is 35.5. The number of rotatable bonds is 6. The third-order valence-corrected chi connectivity index (χ3v) is 4.24. The minimum absolute atomic E-state index is 0. The molecule has 0 aliphatic heterocycles. The number of furan rings is 1. The summed E-state index contributed by atoms with van der Waals surface area (Å²) >= 11 is 6.21. The van der Waals surface area contributed by atoms with Gasteiger partial charge in [0.1, 0.15) is 12.0 Å². The Balaban J connectivity index is 0.00000338. The summed E-state index contributed by atoms with van der Waals surface area (Å²) in [4.78, 5) is 24.5. The Labute approximate surface area is 163 Å². The van der Waals surface area contributed by atoms with Crippen LogP contribution in [0.1, 0.15) is 53.7 Å². The molecular weight excluding hydrogens is 377 g/mol. The first-order valence-electron chi connectivity index (χ1n) is 7.96. The maximum atomic E-state index is 12.3. The Bertz CT molecular complexity index is 788. The first-order valence-corrected chi connectivity index (χ1v) is 8.34. The largest absolute Gasteiger partial charge is 0.467 e. The van der Waals surface area contributed by atoms with E-state index in [0.717, 1.165) is 6.42 Å². The molecule has 2 aromatic rings. The molecule has 1 heterocycles. The van der Waals surface area contributed by atoms with Crippen LogP contribution in [0.15, 0.2) is 34.9 Å². The van der Waals surface area contributed by atoms with Crippen molar-refractivity contribution in [1.29, 1.82) is 0 Å². The molecule has 6 nitrogen and oxygen atoms in total. The fourth-order valence-corrected chi connectivity index (χ4v) is 2.32. The summed E-state index contributed by atoms with van der Waals surface area (Å²) in [5.41, 5.74) is 6.33. The molecule has 0 saturated carbocycles. The van der Waals surface area contributed by atoms with Crippen molar-refractivity contribution in [2.24, 2.45) is 5.73 Å². The molecule has 0 aliphatic carbocycles. The molecule has 0 unspecified atom stereocenters. The molecular formula is C18H23Cl2N3O3. The zero-order valence-corrected chi connectivity index (χ0v) is 16.5. The van der Waals surface area contributed by atoms with E-state index in [1.807, 2.05) is 20.8 Å². The van der Waals surface area contributed by atoms with E-state index in [9.17, 15) is 9.59 Å². The van der Waals surface area contributed by atoms with Crippen LogP contribution in [-0.2, 0) is 6.54 Å². The molecule has 142 valence electrons. The summed E-state index contributed by atoms with van der Waals surface area (Å²) in [6.45, 7) is 6.09. The molecule has 0 spiro atoms. The van der Waals surface area contributed by atoms with Gasteiger partial charge in [-0.15, -0.1) is 12.4 Å². The first-order chi connectivity index (χ1) is 11.8. The number of anilines is 1. The topological polar surface area (TPSA) is 97.4 Å². The van der Waals surface area contributed by atoms with Crippen molar-refractivity contribution in [2.45, 2.75) is 39.3 Å². The smallest absolute Gasteiger partial charge is 0.258 e. The lowest BCUT2D eigenvalue weighted by molar-refractivity contribution is 0.0911. The second kappa shape index (κ2) is 9.07. The van der Waals surface area contributed by atoms with E-state index in [-0.39, 0.29) is 41.3 Å². The molecule has 0 bridgehead atoms. The zero-order valence-electron chi connectivity index (χ0n) is 14.9. The predicted octanol–water partition coefficient (Wildman–Crippen LogP) is 3.98. The fraction of sp³-hybridized carbons (Fsp3) is 0.333. The number of halogens is 2. The van der Waals surface area contributed by atoms with Gasteiger partial charge in [0.2, 0.25) is 0 Å². The lowest BCUT2D eigenvalue weighted by Crippen LogP contribution is -2.42. The molecule has 0 radical (unpaired) electrons. The summed E-state index contributed by atoms with van der Waals surface area (Å²) in [5, 5.41) is 5.89. The average Bonchev–Trinajstić information content (AvgIpc) is 3.03. The summed E-state index contributed by atoms with van der Waals surface area (Å²) < 4.78 is 5.14. The van der Waals surface area contributed by atoms with Gasteiger partial charge in [0, 0.05) is 11.2 Å². The highest BCUT2D eigenvalue weighted by molar-refractivity contribution is 6.34. The van der Waals surface area contributed by atoms with Crippen LogP contribution < -0.4 is 16.4 Å². The van der Waals surface area contributed by atoms with Crippen molar-refractivity contribution >= 4 is 41.5 Å². The molecule has 4 N–H and O–H groups in total. The van der Waals surface area contributed by atoms with Crippen LogP contribution in [0.25, 0.3) is 0 Å². The summed E-state index contributed by atoms with van der Waals surface area (Å²) in [5.74, 6) is -0.0743. The molecule has 0 atom stereocenters. The standard InChI is InChI=1S/C18H22ClN3O3.ClH/c1-4-18(2,3)22-17(24)14-6-5-12(8-15(14)19)21-16(23)11-7-13(9-20)25-10-11;/h5-8,10H,4,9,20H2,1-3H3,(H,21,23)(H,22,24);1H. The molecule has 1 aromatic carbocycles. The Morgan fingerprint density at radius 3 is 2.46 bits per heavy atom. The Hall–Kier alpha value is -2.02. The van der Waals surface area contributed by atoms with Crippen molar-refractivity contribution in [1.82, 2.24) is 5.32 Å². The van der Waals surface area contributed by atoms with Crippen LogP contribution in [-0.4, -0.2) is 17.4 Å². The van der Waals surface area contributed by atoms with Gasteiger partial charge in [0.25, 0.3) is 11.8 Å². The fourth-order valence-electron chi connectivity index (χ4n) is 2.05. The highest BCUT2D eigenvalue weighted by Crippen LogP contribution is 2.23. The maximum Gasteiger partial charge on any atom is 0.258 e. The molecule has 2 rings (SSSR count). The SMILES string of the molecule is CCC(C)(C)NC(=O)c1ccc(NC(=O)c2coc(CN)c2)cc1Cl.Cl. The van der Waals surface area contributed by atoms with E-state index in [1.54, 1.807) is 18.2 Å². The highest BCUT2D eigenvalue weighted by Gasteiger charge is 2.20. The van der Waals surface area contributed by atoms with Gasteiger partial charge in [0.05, 0.1) is 22.7 Å². The van der Waals surface area contributed by atoms with E-state index in [0.29, 0.717) is 22.6 Å². The van der Waals surface area contributed by atoms with Crippen LogP contribution in [0.5, 0.6) is 0 Å². The van der Waals surface area contributed by atoms with Gasteiger partial charge in [-0.25, -0.2) is 0 Å². The predicted molar refractivity (Wildman–Crippen MR) is 105 cm³/mol. The number of nitrogens with two attached hydrogens (primary N) is 1. The Morgan fingerprint density at radius 2 is 1.92 bits per heavy atom. The third kappa shape index (κ3) is 5.49. The van der Waals surface area contributed by atoms with E-state index in [4.69, 9.17) is 21.8 Å². The van der Waals surface area contributed by atoms with Gasteiger partial charge in [-0.3, -0.25) is 9.59 Å². The van der Waals surface area contributed by atoms with Crippen molar-refractivity contribution in [2.75, 3.05) is 5.32 Å². The maximum absolute atomic E-state index is 12.3. The first kappa shape index (κ1) is 22.0. The monoisotopic (exact) mass is 399 g/mol. The number of hydrogen-bond acceptors (Lipinski definition) is 4. The quantitative estimate of drug-likeness (QED) is 0.683. The zero-order chi connectivity index (χ0) is 18.6. The Kier molecular flexibility index (Phi) is 7.68. The van der Waals surface area contributed by atoms with Crippen LogP contribution in [0.4, 0.5) is 5.69 Å². The number of amides is 2. The van der Waals surface area contributed by atoms with E-state index >= 15 is 0 Å². The van der Waals surface area contributed by atoms with Crippen LogP contribution in [0, 0.1) is 0 Å². The second-order valence-corrected chi connectivity index (χ2v) is 6.75. The molecule has 2 amide bonds.